The molecule has 3 heterocycles. The minimum absolute atomic E-state index is 0.0194. The zero-order valence-electron chi connectivity index (χ0n) is 13.8. The molecule has 1 saturated heterocycles. The van der Waals surface area contributed by atoms with Gasteiger partial charge in [0.05, 0.1) is 10.9 Å². The summed E-state index contributed by atoms with van der Waals surface area (Å²) in [5, 5.41) is 2.81. The number of aromatic nitrogens is 2. The van der Waals surface area contributed by atoms with E-state index in [2.05, 4.69) is 27.4 Å². The van der Waals surface area contributed by atoms with Gasteiger partial charge in [-0.05, 0) is 49.9 Å². The van der Waals surface area contributed by atoms with Gasteiger partial charge in [-0.15, -0.1) is 11.3 Å². The van der Waals surface area contributed by atoms with Crippen LogP contribution in [0.1, 0.15) is 35.0 Å². The number of benzene rings is 1. The molecule has 1 atom stereocenters. The Balaban J connectivity index is 1.59. The smallest absolute Gasteiger partial charge is 0.258 e. The van der Waals surface area contributed by atoms with Gasteiger partial charge in [-0.3, -0.25) is 9.69 Å². The fraction of sp³-hybridized carbons (Fsp3) is 0.368. The summed E-state index contributed by atoms with van der Waals surface area (Å²) >= 11 is 1.80. The lowest BCUT2D eigenvalue weighted by Crippen LogP contribution is -2.35. The molecule has 1 N–H and O–H groups in total. The largest absolute Gasteiger partial charge is 0.310 e. The predicted octanol–water partition coefficient (Wildman–Crippen LogP) is 3.67. The van der Waals surface area contributed by atoms with E-state index in [1.807, 2.05) is 25.1 Å². The molecule has 0 radical (unpaired) electrons. The van der Waals surface area contributed by atoms with Gasteiger partial charge in [0.15, 0.2) is 0 Å². The molecule has 5 heteroatoms. The van der Waals surface area contributed by atoms with Crippen molar-refractivity contribution in [2.45, 2.75) is 32.2 Å². The molecule has 1 aromatic carbocycles. The van der Waals surface area contributed by atoms with Crippen LogP contribution in [0.4, 0.5) is 0 Å². The topological polar surface area (TPSA) is 49.0 Å². The Hall–Kier alpha value is -1.98. The number of aromatic amines is 1. The van der Waals surface area contributed by atoms with Crippen molar-refractivity contribution >= 4 is 22.2 Å². The predicted molar refractivity (Wildman–Crippen MR) is 98.7 cm³/mol. The lowest BCUT2D eigenvalue weighted by atomic mass is 9.97. The Bertz CT molecular complexity index is 901. The van der Waals surface area contributed by atoms with Crippen LogP contribution in [0.2, 0.25) is 0 Å². The molecule has 1 aliphatic heterocycles. The first kappa shape index (κ1) is 15.5. The zero-order chi connectivity index (χ0) is 16.5. The van der Waals surface area contributed by atoms with Gasteiger partial charge in [0.1, 0.15) is 5.82 Å². The number of nitrogens with zero attached hydrogens (tertiary/aromatic N) is 2. The average molecular weight is 339 g/mol. The van der Waals surface area contributed by atoms with E-state index in [0.29, 0.717) is 11.3 Å². The molecule has 4 rings (SSSR count). The average Bonchev–Trinajstić information content (AvgIpc) is 3.08. The standard InChI is InChI=1S/C19H21N3OS/c1-13-6-7-17-16(10-13)19(23)21-18(20-17)14-4-2-8-22(11-14)12-15-5-3-9-24-15/h3,5-7,9-10,14H,2,4,8,11-12H2,1H3,(H,20,21,23). The molecule has 1 aliphatic rings. The molecular formula is C19H21N3OS. The zero-order valence-corrected chi connectivity index (χ0v) is 14.6. The number of nitrogens with one attached hydrogen (secondary N) is 1. The van der Waals surface area contributed by atoms with E-state index in [9.17, 15) is 4.79 Å². The fourth-order valence-corrected chi connectivity index (χ4v) is 4.26. The highest BCUT2D eigenvalue weighted by molar-refractivity contribution is 7.09. The highest BCUT2D eigenvalue weighted by Crippen LogP contribution is 2.26. The van der Waals surface area contributed by atoms with Crippen molar-refractivity contribution in [3.8, 4) is 0 Å². The van der Waals surface area contributed by atoms with E-state index in [4.69, 9.17) is 4.98 Å². The van der Waals surface area contributed by atoms with Crippen LogP contribution in [0.15, 0.2) is 40.5 Å². The van der Waals surface area contributed by atoms with E-state index in [-0.39, 0.29) is 5.56 Å². The number of rotatable bonds is 3. The molecule has 0 aliphatic carbocycles. The first-order valence-electron chi connectivity index (χ1n) is 8.44. The van der Waals surface area contributed by atoms with E-state index in [0.717, 1.165) is 49.4 Å². The fourth-order valence-electron chi connectivity index (χ4n) is 3.51. The van der Waals surface area contributed by atoms with Gasteiger partial charge < -0.3 is 4.98 Å². The van der Waals surface area contributed by atoms with Crippen molar-refractivity contribution in [3.05, 3.63) is 62.3 Å². The number of likely N-dealkylation sites (tertiary alicyclic amines) is 1. The van der Waals surface area contributed by atoms with Crippen LogP contribution in [0.25, 0.3) is 10.9 Å². The van der Waals surface area contributed by atoms with Gasteiger partial charge in [0, 0.05) is 23.9 Å². The van der Waals surface area contributed by atoms with Crippen molar-refractivity contribution in [2.24, 2.45) is 0 Å². The van der Waals surface area contributed by atoms with Gasteiger partial charge in [0.25, 0.3) is 5.56 Å². The minimum Gasteiger partial charge on any atom is -0.310 e. The van der Waals surface area contributed by atoms with Crippen LogP contribution < -0.4 is 5.56 Å². The summed E-state index contributed by atoms with van der Waals surface area (Å²) in [6, 6.07) is 10.2. The normalized spacial score (nSPS) is 19.0. The molecule has 1 fully saturated rings. The Labute approximate surface area is 145 Å². The SMILES string of the molecule is Cc1ccc2nc(C3CCCN(Cc4cccs4)C3)[nH]c(=O)c2c1. The highest BCUT2D eigenvalue weighted by Gasteiger charge is 2.24. The van der Waals surface area contributed by atoms with E-state index in [1.54, 1.807) is 11.3 Å². The summed E-state index contributed by atoms with van der Waals surface area (Å²) in [7, 11) is 0. The maximum absolute atomic E-state index is 12.4. The summed E-state index contributed by atoms with van der Waals surface area (Å²) in [6.45, 7) is 5.06. The summed E-state index contributed by atoms with van der Waals surface area (Å²) in [6.07, 6.45) is 2.23. The second-order valence-electron chi connectivity index (χ2n) is 6.63. The van der Waals surface area contributed by atoms with Gasteiger partial charge in [-0.1, -0.05) is 17.7 Å². The molecule has 4 nitrogen and oxygen atoms in total. The number of H-pyrrole nitrogens is 1. The third-order valence-electron chi connectivity index (χ3n) is 4.73. The van der Waals surface area contributed by atoms with Gasteiger partial charge in [-0.25, -0.2) is 4.98 Å². The van der Waals surface area contributed by atoms with E-state index < -0.39 is 0 Å². The summed E-state index contributed by atoms with van der Waals surface area (Å²) in [5.41, 5.74) is 1.87. The van der Waals surface area contributed by atoms with Crippen LogP contribution >= 0.6 is 11.3 Å². The van der Waals surface area contributed by atoms with Crippen LogP contribution in [-0.4, -0.2) is 28.0 Å². The van der Waals surface area contributed by atoms with Gasteiger partial charge >= 0.3 is 0 Å². The number of thiophene rings is 1. The maximum Gasteiger partial charge on any atom is 0.258 e. The molecule has 2 aromatic heterocycles. The number of hydrogen-bond donors (Lipinski definition) is 1. The Kier molecular flexibility index (Phi) is 4.21. The summed E-state index contributed by atoms with van der Waals surface area (Å²) in [4.78, 5) is 24.1. The molecule has 0 spiro atoms. The number of fused-ring (bicyclic) bond motifs is 1. The number of piperidine rings is 1. The van der Waals surface area contributed by atoms with Crippen LogP contribution in [0, 0.1) is 6.92 Å². The second-order valence-corrected chi connectivity index (χ2v) is 7.66. The molecule has 124 valence electrons. The Morgan fingerprint density at radius 1 is 1.38 bits per heavy atom. The quantitative estimate of drug-likeness (QED) is 0.792. The number of hydrogen-bond acceptors (Lipinski definition) is 4. The van der Waals surface area contributed by atoms with E-state index >= 15 is 0 Å². The van der Waals surface area contributed by atoms with Crippen LogP contribution in [0.5, 0.6) is 0 Å². The van der Waals surface area contributed by atoms with E-state index in [1.165, 1.54) is 4.88 Å². The molecule has 0 saturated carbocycles. The molecule has 24 heavy (non-hydrogen) atoms. The third-order valence-corrected chi connectivity index (χ3v) is 5.59. The van der Waals surface area contributed by atoms with Crippen molar-refractivity contribution in [1.82, 2.24) is 14.9 Å². The van der Waals surface area contributed by atoms with Crippen molar-refractivity contribution in [2.75, 3.05) is 13.1 Å². The van der Waals surface area contributed by atoms with Gasteiger partial charge in [-0.2, -0.15) is 0 Å². The first-order valence-corrected chi connectivity index (χ1v) is 9.32. The van der Waals surface area contributed by atoms with Gasteiger partial charge in [0.2, 0.25) is 0 Å². The monoisotopic (exact) mass is 339 g/mol. The molecular weight excluding hydrogens is 318 g/mol. The summed E-state index contributed by atoms with van der Waals surface area (Å²) < 4.78 is 0. The van der Waals surface area contributed by atoms with Crippen molar-refractivity contribution in [3.63, 3.8) is 0 Å². The second kappa shape index (κ2) is 6.49. The molecule has 3 aromatic rings. The lowest BCUT2D eigenvalue weighted by Gasteiger charge is -2.31. The van der Waals surface area contributed by atoms with Crippen LogP contribution in [0.3, 0.4) is 0 Å². The Morgan fingerprint density at radius 2 is 2.29 bits per heavy atom. The minimum atomic E-state index is -0.0194. The molecule has 0 amide bonds. The molecule has 0 bridgehead atoms. The third kappa shape index (κ3) is 3.14. The lowest BCUT2D eigenvalue weighted by molar-refractivity contribution is 0.198. The van der Waals surface area contributed by atoms with Crippen LogP contribution in [-0.2, 0) is 6.54 Å². The Morgan fingerprint density at radius 3 is 3.12 bits per heavy atom. The number of aryl methyl sites for hydroxylation is 1. The first-order chi connectivity index (χ1) is 11.7. The summed E-state index contributed by atoms with van der Waals surface area (Å²) in [5.74, 6) is 1.14. The molecule has 1 unspecified atom stereocenters. The van der Waals surface area contributed by atoms with Crippen molar-refractivity contribution < 1.29 is 0 Å². The maximum atomic E-state index is 12.4. The highest BCUT2D eigenvalue weighted by atomic mass is 32.1. The van der Waals surface area contributed by atoms with Crippen molar-refractivity contribution in [1.29, 1.82) is 0 Å².